The highest BCUT2D eigenvalue weighted by molar-refractivity contribution is 7.89. The van der Waals surface area contributed by atoms with Crippen LogP contribution in [0.4, 0.5) is 0 Å². The smallest absolute Gasteiger partial charge is 0.242 e. The maximum Gasteiger partial charge on any atom is 0.242 e. The van der Waals surface area contributed by atoms with Gasteiger partial charge in [-0.1, -0.05) is 0 Å². The van der Waals surface area contributed by atoms with Crippen LogP contribution >= 0.6 is 0 Å². The molecule has 2 rings (SSSR count). The number of hydrogen-bond acceptors (Lipinski definition) is 5. The summed E-state index contributed by atoms with van der Waals surface area (Å²) in [6.07, 6.45) is 2.21. The first-order valence-electron chi connectivity index (χ1n) is 7.83. The molecular formula is C17H22N2O5S. The van der Waals surface area contributed by atoms with E-state index >= 15 is 0 Å². The molecule has 1 aromatic heterocycles. The van der Waals surface area contributed by atoms with Crippen molar-refractivity contribution in [2.24, 2.45) is 0 Å². The van der Waals surface area contributed by atoms with Gasteiger partial charge in [0.25, 0.3) is 0 Å². The van der Waals surface area contributed by atoms with Gasteiger partial charge in [-0.2, -0.15) is 0 Å². The number of nitrogens with zero attached hydrogens (tertiary/aromatic N) is 1. The first kappa shape index (κ1) is 19.0. The lowest BCUT2D eigenvalue weighted by molar-refractivity contribution is -0.121. The van der Waals surface area contributed by atoms with Gasteiger partial charge in [-0.15, -0.1) is 0 Å². The van der Waals surface area contributed by atoms with Crippen LogP contribution in [0.2, 0.25) is 0 Å². The summed E-state index contributed by atoms with van der Waals surface area (Å²) >= 11 is 0. The van der Waals surface area contributed by atoms with Gasteiger partial charge >= 0.3 is 0 Å². The molecule has 0 aliphatic rings. The Hall–Kier alpha value is -2.32. The Kier molecular flexibility index (Phi) is 6.60. The van der Waals surface area contributed by atoms with E-state index in [2.05, 4.69) is 5.32 Å². The van der Waals surface area contributed by atoms with E-state index in [-0.39, 0.29) is 23.8 Å². The molecular weight excluding hydrogens is 344 g/mol. The Morgan fingerprint density at radius 3 is 2.56 bits per heavy atom. The summed E-state index contributed by atoms with van der Waals surface area (Å²) in [6.45, 7) is 0.578. The van der Waals surface area contributed by atoms with Gasteiger partial charge in [-0.3, -0.25) is 4.79 Å². The Bertz CT molecular complexity index is 770. The van der Waals surface area contributed by atoms with E-state index in [1.54, 1.807) is 30.5 Å². The molecule has 0 bridgehead atoms. The number of amides is 1. The third kappa shape index (κ3) is 5.33. The number of furan rings is 1. The van der Waals surface area contributed by atoms with Crippen molar-refractivity contribution in [2.75, 3.05) is 20.7 Å². The van der Waals surface area contributed by atoms with Crippen LogP contribution in [0, 0.1) is 0 Å². The van der Waals surface area contributed by atoms with E-state index in [9.17, 15) is 13.2 Å². The second-order valence-corrected chi connectivity index (χ2v) is 7.51. The fraction of sp³-hybridized carbons (Fsp3) is 0.353. The molecule has 1 aromatic carbocycles. The van der Waals surface area contributed by atoms with Gasteiger partial charge in [0.05, 0.1) is 24.8 Å². The predicted octanol–water partition coefficient (Wildman–Crippen LogP) is 2.01. The van der Waals surface area contributed by atoms with E-state index < -0.39 is 10.0 Å². The van der Waals surface area contributed by atoms with Crippen LogP contribution in [0.5, 0.6) is 5.75 Å². The number of benzene rings is 1. The number of nitrogens with one attached hydrogen (secondary N) is 1. The van der Waals surface area contributed by atoms with Crippen molar-refractivity contribution < 1.29 is 22.4 Å². The number of carbonyl (C=O) groups is 1. The fourth-order valence-electron chi connectivity index (χ4n) is 2.20. The van der Waals surface area contributed by atoms with Crippen LogP contribution in [-0.4, -0.2) is 39.3 Å². The van der Waals surface area contributed by atoms with Gasteiger partial charge in [-0.05, 0) is 42.8 Å². The van der Waals surface area contributed by atoms with Crippen molar-refractivity contribution >= 4 is 15.9 Å². The summed E-state index contributed by atoms with van der Waals surface area (Å²) in [5.41, 5.74) is 0. The van der Waals surface area contributed by atoms with Crippen molar-refractivity contribution in [1.82, 2.24) is 9.62 Å². The largest absolute Gasteiger partial charge is 0.497 e. The number of rotatable bonds is 9. The Balaban J connectivity index is 1.79. The maximum atomic E-state index is 12.5. The first-order valence-corrected chi connectivity index (χ1v) is 9.27. The molecule has 0 saturated carbocycles. The van der Waals surface area contributed by atoms with Crippen LogP contribution in [0.25, 0.3) is 0 Å². The zero-order valence-corrected chi connectivity index (χ0v) is 15.1. The summed E-state index contributed by atoms with van der Waals surface area (Å²) in [4.78, 5) is 12.0. The topological polar surface area (TPSA) is 88.9 Å². The maximum absolute atomic E-state index is 12.5. The first-order chi connectivity index (χ1) is 11.9. The van der Waals surface area contributed by atoms with Crippen LogP contribution in [0.3, 0.4) is 0 Å². The molecule has 0 atom stereocenters. The molecule has 0 radical (unpaired) electrons. The van der Waals surface area contributed by atoms with Gasteiger partial charge in [0.15, 0.2) is 0 Å². The van der Waals surface area contributed by atoms with Gasteiger partial charge in [0.1, 0.15) is 11.5 Å². The quantitative estimate of drug-likeness (QED) is 0.733. The normalized spacial score (nSPS) is 11.5. The second kappa shape index (κ2) is 8.68. The molecule has 25 heavy (non-hydrogen) atoms. The minimum Gasteiger partial charge on any atom is -0.497 e. The fourth-order valence-corrected chi connectivity index (χ4v) is 3.41. The third-order valence-electron chi connectivity index (χ3n) is 3.68. The third-order valence-corrected chi connectivity index (χ3v) is 5.56. The zero-order chi connectivity index (χ0) is 18.3. The van der Waals surface area contributed by atoms with Crippen molar-refractivity contribution in [3.63, 3.8) is 0 Å². The lowest BCUT2D eigenvalue weighted by atomic mass is 10.3. The molecule has 0 aliphatic heterocycles. The lowest BCUT2D eigenvalue weighted by Crippen LogP contribution is -2.29. The van der Waals surface area contributed by atoms with Crippen LogP contribution in [0.1, 0.15) is 18.6 Å². The summed E-state index contributed by atoms with van der Waals surface area (Å²) in [7, 11) is -0.558. The highest BCUT2D eigenvalue weighted by Gasteiger charge is 2.20. The molecule has 0 saturated heterocycles. The standard InChI is InChI=1S/C17H22N2O5S/c1-19(25(21,22)16-9-7-14(23-2)8-10-16)11-3-6-17(20)18-13-15-5-4-12-24-15/h4-5,7-10,12H,3,6,11,13H2,1-2H3,(H,18,20). The van der Waals surface area contributed by atoms with E-state index in [1.165, 1.54) is 30.6 Å². The summed E-state index contributed by atoms with van der Waals surface area (Å²) in [5, 5.41) is 2.73. The SMILES string of the molecule is COc1ccc(S(=O)(=O)N(C)CCCC(=O)NCc2ccco2)cc1. The van der Waals surface area contributed by atoms with E-state index in [0.29, 0.717) is 24.5 Å². The Labute approximate surface area is 147 Å². The van der Waals surface area contributed by atoms with Crippen molar-refractivity contribution in [2.45, 2.75) is 24.3 Å². The molecule has 1 N–H and O–H groups in total. The summed E-state index contributed by atoms with van der Waals surface area (Å²) < 4.78 is 36.3. The highest BCUT2D eigenvalue weighted by atomic mass is 32.2. The lowest BCUT2D eigenvalue weighted by Gasteiger charge is -2.17. The van der Waals surface area contributed by atoms with Gasteiger partial charge in [0.2, 0.25) is 15.9 Å². The Morgan fingerprint density at radius 2 is 1.96 bits per heavy atom. The molecule has 136 valence electrons. The Morgan fingerprint density at radius 1 is 1.24 bits per heavy atom. The van der Waals surface area contributed by atoms with E-state index in [1.807, 2.05) is 0 Å². The number of methoxy groups -OCH3 is 1. The second-order valence-electron chi connectivity index (χ2n) is 5.46. The molecule has 2 aromatic rings. The average Bonchev–Trinajstić information content (AvgIpc) is 3.13. The summed E-state index contributed by atoms with van der Waals surface area (Å²) in [5.74, 6) is 1.12. The molecule has 0 spiro atoms. The zero-order valence-electron chi connectivity index (χ0n) is 14.3. The van der Waals surface area contributed by atoms with Gasteiger partial charge < -0.3 is 14.5 Å². The van der Waals surface area contributed by atoms with Crippen molar-refractivity contribution in [3.05, 3.63) is 48.4 Å². The number of ether oxygens (including phenoxy) is 1. The molecule has 1 heterocycles. The number of carbonyl (C=O) groups excluding carboxylic acids is 1. The summed E-state index contributed by atoms with van der Waals surface area (Å²) in [6, 6.07) is 9.73. The van der Waals surface area contributed by atoms with Gasteiger partial charge in [0, 0.05) is 20.0 Å². The van der Waals surface area contributed by atoms with Crippen LogP contribution < -0.4 is 10.1 Å². The molecule has 0 fully saturated rings. The van der Waals surface area contributed by atoms with E-state index in [0.717, 1.165) is 0 Å². The minimum absolute atomic E-state index is 0.147. The molecule has 1 amide bonds. The monoisotopic (exact) mass is 366 g/mol. The average molecular weight is 366 g/mol. The number of hydrogen-bond donors (Lipinski definition) is 1. The molecule has 0 unspecified atom stereocenters. The van der Waals surface area contributed by atoms with Crippen LogP contribution in [0.15, 0.2) is 52.0 Å². The molecule has 8 heteroatoms. The minimum atomic E-state index is -3.58. The van der Waals surface area contributed by atoms with Crippen LogP contribution in [-0.2, 0) is 21.4 Å². The highest BCUT2D eigenvalue weighted by Crippen LogP contribution is 2.18. The predicted molar refractivity (Wildman–Crippen MR) is 92.6 cm³/mol. The van der Waals surface area contributed by atoms with E-state index in [4.69, 9.17) is 9.15 Å². The molecule has 0 aliphatic carbocycles. The van der Waals surface area contributed by atoms with Gasteiger partial charge in [-0.25, -0.2) is 12.7 Å². The van der Waals surface area contributed by atoms with Crippen molar-refractivity contribution in [3.8, 4) is 5.75 Å². The van der Waals surface area contributed by atoms with Crippen molar-refractivity contribution in [1.29, 1.82) is 0 Å². The molecule has 7 nitrogen and oxygen atoms in total. The number of sulfonamides is 1.